The number of thiazole rings is 1. The van der Waals surface area contributed by atoms with Gasteiger partial charge >= 0.3 is 5.97 Å². The number of aromatic nitrogens is 2. The molecule has 0 bridgehead atoms. The van der Waals surface area contributed by atoms with Crippen molar-refractivity contribution in [3.05, 3.63) is 52.3 Å². The van der Waals surface area contributed by atoms with E-state index in [1.807, 2.05) is 13.0 Å². The number of carboxylic acids is 1. The van der Waals surface area contributed by atoms with Crippen molar-refractivity contribution in [1.82, 2.24) is 9.38 Å². The van der Waals surface area contributed by atoms with Crippen LogP contribution >= 0.6 is 11.3 Å². The average Bonchev–Trinajstić information content (AvgIpc) is 2.92. The van der Waals surface area contributed by atoms with E-state index < -0.39 is 5.97 Å². The summed E-state index contributed by atoms with van der Waals surface area (Å²) in [7, 11) is 0. The van der Waals surface area contributed by atoms with Crippen LogP contribution in [0.5, 0.6) is 0 Å². The molecular formula is C15H15N3O2S. The molecule has 21 heavy (non-hydrogen) atoms. The highest BCUT2D eigenvalue weighted by Crippen LogP contribution is 2.21. The van der Waals surface area contributed by atoms with Gasteiger partial charge in [0, 0.05) is 16.8 Å². The molecule has 3 aromatic rings. The molecule has 0 aliphatic heterocycles. The Hall–Kier alpha value is -2.34. The highest BCUT2D eigenvalue weighted by Gasteiger charge is 2.11. The summed E-state index contributed by atoms with van der Waals surface area (Å²) in [6, 6.07) is 6.81. The molecular weight excluding hydrogens is 286 g/mol. The Morgan fingerprint density at radius 1 is 1.43 bits per heavy atom. The molecule has 3 rings (SSSR count). The summed E-state index contributed by atoms with van der Waals surface area (Å²) in [6.07, 6.45) is 2.07. The summed E-state index contributed by atoms with van der Waals surface area (Å²) >= 11 is 1.66. The first-order valence-electron chi connectivity index (χ1n) is 6.56. The summed E-state index contributed by atoms with van der Waals surface area (Å²) in [5.41, 5.74) is 3.15. The molecule has 0 atom stereocenters. The molecule has 0 amide bonds. The second-order valence-electron chi connectivity index (χ2n) is 4.88. The number of aromatic carboxylic acids is 1. The number of nitrogens with one attached hydrogen (secondary N) is 1. The number of anilines is 1. The number of hydrogen-bond donors (Lipinski definition) is 2. The lowest BCUT2D eigenvalue weighted by molar-refractivity contribution is 0.0697. The van der Waals surface area contributed by atoms with Gasteiger partial charge in [0.2, 0.25) is 0 Å². The highest BCUT2D eigenvalue weighted by atomic mass is 32.1. The van der Waals surface area contributed by atoms with Crippen LogP contribution in [-0.2, 0) is 6.54 Å². The molecule has 5 nitrogen and oxygen atoms in total. The number of nitrogens with zero attached hydrogens (tertiary/aromatic N) is 2. The van der Waals surface area contributed by atoms with Crippen LogP contribution in [0.2, 0.25) is 0 Å². The Bertz CT molecular complexity index is 820. The van der Waals surface area contributed by atoms with Crippen molar-refractivity contribution in [3.8, 4) is 0 Å². The first kappa shape index (κ1) is 13.6. The summed E-state index contributed by atoms with van der Waals surface area (Å²) in [6.45, 7) is 4.65. The van der Waals surface area contributed by atoms with Crippen LogP contribution in [0.25, 0.3) is 4.96 Å². The fourth-order valence-corrected chi connectivity index (χ4v) is 3.16. The standard InChI is InChI=1S/C15H15N3O2S/c1-9-8-18-13(10(2)17-15(18)21-9)7-16-12-5-3-4-11(6-12)14(19)20/h3-6,8,16H,7H2,1-2H3,(H,19,20). The second kappa shape index (κ2) is 5.21. The summed E-state index contributed by atoms with van der Waals surface area (Å²) in [5.74, 6) is -0.921. The zero-order chi connectivity index (χ0) is 15.0. The quantitative estimate of drug-likeness (QED) is 0.775. The molecule has 0 radical (unpaired) electrons. The van der Waals surface area contributed by atoms with Crippen LogP contribution in [0, 0.1) is 13.8 Å². The summed E-state index contributed by atoms with van der Waals surface area (Å²) in [4.78, 5) is 17.7. The fraction of sp³-hybridized carbons (Fsp3) is 0.200. The maximum Gasteiger partial charge on any atom is 0.335 e. The normalized spacial score (nSPS) is 11.0. The van der Waals surface area contributed by atoms with E-state index >= 15 is 0 Å². The zero-order valence-corrected chi connectivity index (χ0v) is 12.6. The van der Waals surface area contributed by atoms with Crippen molar-refractivity contribution in [2.45, 2.75) is 20.4 Å². The van der Waals surface area contributed by atoms with Crippen molar-refractivity contribution in [2.24, 2.45) is 0 Å². The van der Waals surface area contributed by atoms with Crippen LogP contribution in [-0.4, -0.2) is 20.5 Å². The van der Waals surface area contributed by atoms with Crippen molar-refractivity contribution in [3.63, 3.8) is 0 Å². The Morgan fingerprint density at radius 2 is 2.24 bits per heavy atom. The number of fused-ring (bicyclic) bond motifs is 1. The Labute approximate surface area is 125 Å². The van der Waals surface area contributed by atoms with Crippen molar-refractivity contribution in [2.75, 3.05) is 5.32 Å². The number of carboxylic acid groups (broad SMARTS) is 1. The lowest BCUT2D eigenvalue weighted by Gasteiger charge is -2.07. The minimum absolute atomic E-state index is 0.279. The molecule has 2 N–H and O–H groups in total. The van der Waals surface area contributed by atoms with Gasteiger partial charge in [-0.25, -0.2) is 9.78 Å². The average molecular weight is 301 g/mol. The van der Waals surface area contributed by atoms with Gasteiger partial charge in [-0.15, -0.1) is 11.3 Å². The second-order valence-corrected chi connectivity index (χ2v) is 6.09. The van der Waals surface area contributed by atoms with Crippen LogP contribution < -0.4 is 5.32 Å². The van der Waals surface area contributed by atoms with E-state index in [-0.39, 0.29) is 5.56 Å². The van der Waals surface area contributed by atoms with Crippen LogP contribution in [0.1, 0.15) is 26.6 Å². The monoisotopic (exact) mass is 301 g/mol. The fourth-order valence-electron chi connectivity index (χ4n) is 2.27. The van der Waals surface area contributed by atoms with Gasteiger partial charge in [-0.1, -0.05) is 6.07 Å². The van der Waals surface area contributed by atoms with E-state index in [9.17, 15) is 4.79 Å². The van der Waals surface area contributed by atoms with E-state index in [4.69, 9.17) is 5.11 Å². The van der Waals surface area contributed by atoms with E-state index in [2.05, 4.69) is 27.8 Å². The predicted molar refractivity (Wildman–Crippen MR) is 83.3 cm³/mol. The van der Waals surface area contributed by atoms with Crippen molar-refractivity contribution < 1.29 is 9.90 Å². The van der Waals surface area contributed by atoms with Gasteiger partial charge in [0.15, 0.2) is 4.96 Å². The minimum atomic E-state index is -0.921. The molecule has 0 unspecified atom stereocenters. The summed E-state index contributed by atoms with van der Waals surface area (Å²) in [5, 5.41) is 12.3. The zero-order valence-electron chi connectivity index (χ0n) is 11.8. The molecule has 108 valence electrons. The highest BCUT2D eigenvalue weighted by molar-refractivity contribution is 7.17. The largest absolute Gasteiger partial charge is 0.478 e. The number of aryl methyl sites for hydroxylation is 2. The van der Waals surface area contributed by atoms with Gasteiger partial charge in [-0.3, -0.25) is 4.40 Å². The maximum atomic E-state index is 11.0. The van der Waals surface area contributed by atoms with E-state index in [1.165, 1.54) is 4.88 Å². The number of imidazole rings is 1. The van der Waals surface area contributed by atoms with Gasteiger partial charge < -0.3 is 10.4 Å². The molecule has 0 saturated carbocycles. The topological polar surface area (TPSA) is 66.6 Å². The number of rotatable bonds is 4. The molecule has 0 fully saturated rings. The van der Waals surface area contributed by atoms with Crippen LogP contribution in [0.4, 0.5) is 5.69 Å². The van der Waals surface area contributed by atoms with Crippen molar-refractivity contribution >= 4 is 28.0 Å². The van der Waals surface area contributed by atoms with E-state index in [1.54, 1.807) is 29.5 Å². The lowest BCUT2D eigenvalue weighted by atomic mass is 10.2. The van der Waals surface area contributed by atoms with Crippen molar-refractivity contribution in [1.29, 1.82) is 0 Å². The Kier molecular flexibility index (Phi) is 3.39. The Balaban J connectivity index is 1.84. The molecule has 2 aromatic heterocycles. The van der Waals surface area contributed by atoms with Crippen LogP contribution in [0.15, 0.2) is 30.5 Å². The molecule has 0 saturated heterocycles. The smallest absolute Gasteiger partial charge is 0.335 e. The van der Waals surface area contributed by atoms with Gasteiger partial charge in [-0.05, 0) is 32.0 Å². The third-order valence-corrected chi connectivity index (χ3v) is 4.21. The molecule has 6 heteroatoms. The predicted octanol–water partition coefficient (Wildman–Crippen LogP) is 3.32. The third kappa shape index (κ3) is 2.62. The SMILES string of the molecule is Cc1cn2c(CNc3cccc(C(=O)O)c3)c(C)nc2s1. The molecule has 0 aliphatic carbocycles. The minimum Gasteiger partial charge on any atom is -0.478 e. The van der Waals surface area contributed by atoms with Crippen LogP contribution in [0.3, 0.4) is 0 Å². The van der Waals surface area contributed by atoms with E-state index in [0.717, 1.165) is 22.0 Å². The number of benzene rings is 1. The van der Waals surface area contributed by atoms with Gasteiger partial charge in [0.1, 0.15) is 0 Å². The number of hydrogen-bond acceptors (Lipinski definition) is 4. The molecule has 0 spiro atoms. The third-order valence-electron chi connectivity index (χ3n) is 3.31. The van der Waals surface area contributed by atoms with Gasteiger partial charge in [-0.2, -0.15) is 0 Å². The molecule has 2 heterocycles. The maximum absolute atomic E-state index is 11.0. The van der Waals surface area contributed by atoms with E-state index in [0.29, 0.717) is 6.54 Å². The number of carbonyl (C=O) groups is 1. The molecule has 0 aliphatic rings. The molecule has 1 aromatic carbocycles. The van der Waals surface area contributed by atoms with Gasteiger partial charge in [0.25, 0.3) is 0 Å². The van der Waals surface area contributed by atoms with Gasteiger partial charge in [0.05, 0.1) is 23.5 Å². The Morgan fingerprint density at radius 3 is 3.00 bits per heavy atom. The lowest BCUT2D eigenvalue weighted by Crippen LogP contribution is -2.05. The summed E-state index contributed by atoms with van der Waals surface area (Å²) < 4.78 is 2.09. The first-order valence-corrected chi connectivity index (χ1v) is 7.37. The first-order chi connectivity index (χ1) is 10.0.